The number of hydrogen-bond acceptors (Lipinski definition) is 2. The van der Waals surface area contributed by atoms with Crippen molar-refractivity contribution in [1.29, 1.82) is 0 Å². The van der Waals surface area contributed by atoms with E-state index in [4.69, 9.17) is 4.74 Å². The van der Waals surface area contributed by atoms with Crippen molar-refractivity contribution >= 4 is 5.90 Å². The Kier molecular flexibility index (Phi) is 2.06. The highest BCUT2D eigenvalue weighted by Gasteiger charge is 2.37. The summed E-state index contributed by atoms with van der Waals surface area (Å²) in [5, 5.41) is 0. The Morgan fingerprint density at radius 3 is 2.36 bits per heavy atom. The van der Waals surface area contributed by atoms with Crippen molar-refractivity contribution in [2.75, 3.05) is 0 Å². The van der Waals surface area contributed by atoms with E-state index in [1.165, 1.54) is 5.56 Å². The van der Waals surface area contributed by atoms with Crippen molar-refractivity contribution in [3.05, 3.63) is 35.9 Å². The maximum absolute atomic E-state index is 5.71. The number of ether oxygens (including phenoxy) is 1. The first-order chi connectivity index (χ1) is 6.59. The second-order valence-corrected chi connectivity index (χ2v) is 4.19. The van der Waals surface area contributed by atoms with E-state index >= 15 is 0 Å². The minimum absolute atomic E-state index is 0.0590. The van der Waals surface area contributed by atoms with Gasteiger partial charge in [-0.1, -0.05) is 30.3 Å². The van der Waals surface area contributed by atoms with Crippen LogP contribution in [0.15, 0.2) is 35.3 Å². The van der Waals surface area contributed by atoms with Crippen LogP contribution in [0.2, 0.25) is 0 Å². The van der Waals surface area contributed by atoms with Crippen molar-refractivity contribution in [2.45, 2.75) is 32.4 Å². The first kappa shape index (κ1) is 9.25. The van der Waals surface area contributed by atoms with E-state index in [0.717, 1.165) is 5.90 Å². The van der Waals surface area contributed by atoms with Crippen molar-refractivity contribution in [3.8, 4) is 0 Å². The highest BCUT2D eigenvalue weighted by molar-refractivity contribution is 5.76. The first-order valence-electron chi connectivity index (χ1n) is 4.88. The van der Waals surface area contributed by atoms with Gasteiger partial charge < -0.3 is 4.74 Å². The van der Waals surface area contributed by atoms with E-state index in [9.17, 15) is 0 Å². The van der Waals surface area contributed by atoms with Crippen LogP contribution in [-0.2, 0) is 4.74 Å². The monoisotopic (exact) mass is 189 g/mol. The van der Waals surface area contributed by atoms with Gasteiger partial charge in [0.15, 0.2) is 5.90 Å². The van der Waals surface area contributed by atoms with Crippen molar-refractivity contribution in [1.82, 2.24) is 0 Å². The first-order valence-corrected chi connectivity index (χ1v) is 4.88. The number of aliphatic imine (C=N–C) groups is 1. The molecule has 1 unspecified atom stereocenters. The van der Waals surface area contributed by atoms with Crippen LogP contribution in [0.3, 0.4) is 0 Å². The van der Waals surface area contributed by atoms with Gasteiger partial charge in [-0.15, -0.1) is 0 Å². The van der Waals surface area contributed by atoms with E-state index in [-0.39, 0.29) is 11.6 Å². The average molecular weight is 189 g/mol. The molecule has 0 N–H and O–H groups in total. The summed E-state index contributed by atoms with van der Waals surface area (Å²) in [4.78, 5) is 4.47. The summed E-state index contributed by atoms with van der Waals surface area (Å²) in [7, 11) is 0. The molecule has 0 fully saturated rings. The summed E-state index contributed by atoms with van der Waals surface area (Å²) in [5.41, 5.74) is 1.05. The molecule has 0 radical (unpaired) electrons. The second kappa shape index (κ2) is 3.12. The van der Waals surface area contributed by atoms with Crippen LogP contribution >= 0.6 is 0 Å². The average Bonchev–Trinajstić information content (AvgIpc) is 2.41. The molecule has 0 amide bonds. The van der Waals surface area contributed by atoms with Crippen LogP contribution in [0, 0.1) is 0 Å². The fourth-order valence-corrected chi connectivity index (χ4v) is 1.91. The molecule has 1 aromatic carbocycles. The van der Waals surface area contributed by atoms with Crippen LogP contribution in [0.5, 0.6) is 0 Å². The van der Waals surface area contributed by atoms with Crippen molar-refractivity contribution < 1.29 is 4.74 Å². The minimum atomic E-state index is -0.147. The largest absolute Gasteiger partial charge is 0.471 e. The predicted molar refractivity (Wildman–Crippen MR) is 57.5 cm³/mol. The maximum atomic E-state index is 5.71. The van der Waals surface area contributed by atoms with Gasteiger partial charge >= 0.3 is 0 Å². The lowest BCUT2D eigenvalue weighted by molar-refractivity contribution is 0.156. The molecule has 1 heterocycles. The number of hydrogen-bond donors (Lipinski definition) is 0. The molecule has 0 saturated carbocycles. The van der Waals surface area contributed by atoms with Crippen molar-refractivity contribution in [2.24, 2.45) is 4.99 Å². The molecule has 2 nitrogen and oxygen atoms in total. The molecule has 1 atom stereocenters. The topological polar surface area (TPSA) is 21.6 Å². The Balaban J connectivity index is 2.31. The second-order valence-electron chi connectivity index (χ2n) is 4.19. The summed E-state index contributed by atoms with van der Waals surface area (Å²) in [6.07, 6.45) is 0.0590. The van der Waals surface area contributed by atoms with Gasteiger partial charge in [0, 0.05) is 6.92 Å². The molecule has 74 valence electrons. The third kappa shape index (κ3) is 1.52. The van der Waals surface area contributed by atoms with Crippen LogP contribution in [-0.4, -0.2) is 11.4 Å². The van der Waals surface area contributed by atoms with Gasteiger partial charge in [-0.25, -0.2) is 4.99 Å². The molecule has 0 aromatic heterocycles. The van der Waals surface area contributed by atoms with Crippen LogP contribution < -0.4 is 0 Å². The standard InChI is InChI=1S/C12H15NO/c1-9-13-12(2,3)11(14-9)10-7-5-4-6-8-10/h4-8,11H,1-3H3. The molecule has 1 aromatic rings. The minimum Gasteiger partial charge on any atom is -0.471 e. The normalized spacial score (nSPS) is 24.2. The van der Waals surface area contributed by atoms with Crippen molar-refractivity contribution in [3.63, 3.8) is 0 Å². The van der Waals surface area contributed by atoms with Gasteiger partial charge in [0.05, 0.1) is 5.54 Å². The fourth-order valence-electron chi connectivity index (χ4n) is 1.91. The fraction of sp³-hybridized carbons (Fsp3) is 0.417. The van der Waals surface area contributed by atoms with E-state index in [2.05, 4.69) is 31.0 Å². The SMILES string of the molecule is CC1=NC(C)(C)C(c2ccccc2)O1. The lowest BCUT2D eigenvalue weighted by Crippen LogP contribution is -2.23. The summed E-state index contributed by atoms with van der Waals surface area (Å²) >= 11 is 0. The van der Waals surface area contributed by atoms with E-state index in [1.54, 1.807) is 0 Å². The molecule has 14 heavy (non-hydrogen) atoms. The van der Waals surface area contributed by atoms with Crippen LogP contribution in [0.4, 0.5) is 0 Å². The van der Waals surface area contributed by atoms with Crippen LogP contribution in [0.1, 0.15) is 32.4 Å². The Morgan fingerprint density at radius 1 is 1.21 bits per heavy atom. The molecule has 0 saturated heterocycles. The molecular formula is C12H15NO. The molecule has 1 aliphatic rings. The highest BCUT2D eigenvalue weighted by Crippen LogP contribution is 2.37. The smallest absolute Gasteiger partial charge is 0.181 e. The lowest BCUT2D eigenvalue weighted by Gasteiger charge is -2.23. The summed E-state index contributed by atoms with van der Waals surface area (Å²) in [6.45, 7) is 6.10. The zero-order valence-corrected chi connectivity index (χ0v) is 8.82. The Hall–Kier alpha value is -1.31. The Morgan fingerprint density at radius 2 is 1.86 bits per heavy atom. The maximum Gasteiger partial charge on any atom is 0.181 e. The third-order valence-electron chi connectivity index (χ3n) is 2.48. The molecule has 0 aliphatic carbocycles. The number of benzene rings is 1. The Labute approximate surface area is 84.6 Å². The lowest BCUT2D eigenvalue weighted by atomic mass is 9.93. The third-order valence-corrected chi connectivity index (χ3v) is 2.48. The summed E-state index contributed by atoms with van der Waals surface area (Å²) in [5.74, 6) is 0.781. The number of rotatable bonds is 1. The molecule has 0 bridgehead atoms. The summed E-state index contributed by atoms with van der Waals surface area (Å²) < 4.78 is 5.71. The molecular weight excluding hydrogens is 174 g/mol. The molecule has 2 rings (SSSR count). The zero-order chi connectivity index (χ0) is 10.2. The van der Waals surface area contributed by atoms with E-state index in [0.29, 0.717) is 0 Å². The van der Waals surface area contributed by atoms with Gasteiger partial charge in [-0.05, 0) is 19.4 Å². The van der Waals surface area contributed by atoms with Crippen LogP contribution in [0.25, 0.3) is 0 Å². The van der Waals surface area contributed by atoms with Gasteiger partial charge in [-0.3, -0.25) is 0 Å². The Bertz CT molecular complexity index is 354. The zero-order valence-electron chi connectivity index (χ0n) is 8.82. The molecule has 0 spiro atoms. The number of nitrogens with zero attached hydrogens (tertiary/aromatic N) is 1. The van der Waals surface area contributed by atoms with Gasteiger partial charge in [0.2, 0.25) is 0 Å². The van der Waals surface area contributed by atoms with Gasteiger partial charge in [-0.2, -0.15) is 0 Å². The van der Waals surface area contributed by atoms with Gasteiger partial charge in [0.25, 0.3) is 0 Å². The molecule has 1 aliphatic heterocycles. The quantitative estimate of drug-likeness (QED) is 0.665. The summed E-state index contributed by atoms with van der Waals surface area (Å²) in [6, 6.07) is 10.2. The van der Waals surface area contributed by atoms with E-state index in [1.807, 2.05) is 25.1 Å². The predicted octanol–water partition coefficient (Wildman–Crippen LogP) is 2.95. The molecule has 2 heteroatoms. The van der Waals surface area contributed by atoms with Gasteiger partial charge in [0.1, 0.15) is 6.10 Å². The highest BCUT2D eigenvalue weighted by atomic mass is 16.5. The van der Waals surface area contributed by atoms with E-state index < -0.39 is 0 Å².